The van der Waals surface area contributed by atoms with Crippen LogP contribution in [0.5, 0.6) is 0 Å². The SMILES string of the molecule is CCO[C@H]1C[C@@H](O)C12CCN(c1ccc(C#N)cn1)CC2. The highest BCUT2D eigenvalue weighted by Crippen LogP contribution is 2.51. The molecule has 2 heterocycles. The van der Waals surface area contributed by atoms with Gasteiger partial charge in [-0.25, -0.2) is 4.98 Å². The second kappa shape index (κ2) is 5.63. The van der Waals surface area contributed by atoms with E-state index in [9.17, 15) is 5.11 Å². The van der Waals surface area contributed by atoms with E-state index in [0.717, 1.165) is 38.2 Å². The highest BCUT2D eigenvalue weighted by molar-refractivity contribution is 5.42. The molecule has 3 rings (SSSR count). The van der Waals surface area contributed by atoms with Gasteiger partial charge < -0.3 is 14.7 Å². The molecular weight excluding hydrogens is 266 g/mol. The van der Waals surface area contributed by atoms with Crippen molar-refractivity contribution in [1.82, 2.24) is 4.98 Å². The molecule has 1 aromatic rings. The zero-order valence-electron chi connectivity index (χ0n) is 12.3. The Hall–Kier alpha value is -1.64. The largest absolute Gasteiger partial charge is 0.392 e. The maximum absolute atomic E-state index is 10.2. The molecule has 1 spiro atoms. The molecule has 0 aromatic carbocycles. The Morgan fingerprint density at radius 3 is 2.76 bits per heavy atom. The Morgan fingerprint density at radius 1 is 1.48 bits per heavy atom. The average molecular weight is 287 g/mol. The second-order valence-corrected chi connectivity index (χ2v) is 5.93. The van der Waals surface area contributed by atoms with Crippen LogP contribution in [0.2, 0.25) is 0 Å². The number of hydrogen-bond acceptors (Lipinski definition) is 5. The molecule has 1 aliphatic carbocycles. The maximum atomic E-state index is 10.2. The summed E-state index contributed by atoms with van der Waals surface area (Å²) in [4.78, 5) is 6.57. The molecule has 1 aromatic heterocycles. The number of piperidine rings is 1. The molecule has 1 aliphatic heterocycles. The van der Waals surface area contributed by atoms with Crippen molar-refractivity contribution >= 4 is 5.82 Å². The van der Waals surface area contributed by atoms with Crippen LogP contribution in [0.3, 0.4) is 0 Å². The van der Waals surface area contributed by atoms with Crippen molar-refractivity contribution < 1.29 is 9.84 Å². The van der Waals surface area contributed by atoms with Crippen LogP contribution in [-0.4, -0.2) is 42.0 Å². The quantitative estimate of drug-likeness (QED) is 0.916. The summed E-state index contributed by atoms with van der Waals surface area (Å²) in [5, 5.41) is 19.0. The molecule has 2 aliphatic rings. The third-order valence-corrected chi connectivity index (χ3v) is 5.01. The van der Waals surface area contributed by atoms with Gasteiger partial charge in [-0.1, -0.05) is 0 Å². The van der Waals surface area contributed by atoms with Gasteiger partial charge >= 0.3 is 0 Å². The molecule has 2 atom stereocenters. The molecule has 112 valence electrons. The number of rotatable bonds is 3. The number of aliphatic hydroxyl groups is 1. The lowest BCUT2D eigenvalue weighted by molar-refractivity contribution is -0.199. The van der Waals surface area contributed by atoms with Crippen LogP contribution in [0.1, 0.15) is 31.7 Å². The van der Waals surface area contributed by atoms with Crippen LogP contribution >= 0.6 is 0 Å². The summed E-state index contributed by atoms with van der Waals surface area (Å²) in [6.07, 6.45) is 4.21. The van der Waals surface area contributed by atoms with Gasteiger partial charge in [0, 0.05) is 37.7 Å². The molecule has 1 saturated carbocycles. The van der Waals surface area contributed by atoms with E-state index in [-0.39, 0.29) is 17.6 Å². The summed E-state index contributed by atoms with van der Waals surface area (Å²) in [5.74, 6) is 0.908. The van der Waals surface area contributed by atoms with Gasteiger partial charge in [0.15, 0.2) is 0 Å². The Kier molecular flexibility index (Phi) is 3.83. The third-order valence-electron chi connectivity index (χ3n) is 5.01. The summed E-state index contributed by atoms with van der Waals surface area (Å²) in [6.45, 7) is 4.47. The molecular formula is C16H21N3O2. The number of nitrogens with zero attached hydrogens (tertiary/aromatic N) is 3. The van der Waals surface area contributed by atoms with Crippen LogP contribution in [-0.2, 0) is 4.74 Å². The molecule has 1 saturated heterocycles. The topological polar surface area (TPSA) is 69.4 Å². The Balaban J connectivity index is 1.65. The second-order valence-electron chi connectivity index (χ2n) is 5.93. The van der Waals surface area contributed by atoms with Gasteiger partial charge in [0.1, 0.15) is 11.9 Å². The molecule has 0 amide bonds. The van der Waals surface area contributed by atoms with Gasteiger partial charge in [-0.15, -0.1) is 0 Å². The predicted molar refractivity (Wildman–Crippen MR) is 78.9 cm³/mol. The Labute approximate surface area is 125 Å². The first-order chi connectivity index (χ1) is 10.2. The van der Waals surface area contributed by atoms with E-state index in [0.29, 0.717) is 12.2 Å². The minimum absolute atomic E-state index is 0.0564. The minimum atomic E-state index is -0.231. The van der Waals surface area contributed by atoms with E-state index >= 15 is 0 Å². The molecule has 5 heteroatoms. The number of hydrogen-bond donors (Lipinski definition) is 1. The molecule has 0 unspecified atom stereocenters. The lowest BCUT2D eigenvalue weighted by atomic mass is 9.58. The standard InChI is InChI=1S/C16H21N3O2/c1-2-21-14-9-13(20)16(14)5-7-19(8-6-16)15-4-3-12(10-17)11-18-15/h3-4,11,13-14,20H,2,5-9H2,1H3/t13-,14+/m1/s1. The van der Waals surface area contributed by atoms with Crippen molar-refractivity contribution in [3.8, 4) is 6.07 Å². The normalized spacial score (nSPS) is 27.2. The molecule has 2 fully saturated rings. The van der Waals surface area contributed by atoms with Crippen molar-refractivity contribution in [2.24, 2.45) is 5.41 Å². The maximum Gasteiger partial charge on any atom is 0.128 e. The van der Waals surface area contributed by atoms with Crippen molar-refractivity contribution in [3.63, 3.8) is 0 Å². The zero-order chi connectivity index (χ0) is 14.9. The summed E-state index contributed by atoms with van der Waals surface area (Å²) < 4.78 is 5.78. The fourth-order valence-corrected chi connectivity index (χ4v) is 3.61. The van der Waals surface area contributed by atoms with Crippen LogP contribution in [0.25, 0.3) is 0 Å². The molecule has 0 bridgehead atoms. The summed E-state index contributed by atoms with van der Waals surface area (Å²) in [5.41, 5.74) is 0.525. The number of anilines is 1. The van der Waals surface area contributed by atoms with Crippen LogP contribution in [0.4, 0.5) is 5.82 Å². The number of aromatic nitrogens is 1. The lowest BCUT2D eigenvalue weighted by Gasteiger charge is -2.56. The van der Waals surface area contributed by atoms with Crippen molar-refractivity contribution in [1.29, 1.82) is 5.26 Å². The average Bonchev–Trinajstić information content (AvgIpc) is 2.55. The molecule has 21 heavy (non-hydrogen) atoms. The first kappa shape index (κ1) is 14.3. The highest BCUT2D eigenvalue weighted by Gasteiger charge is 2.56. The zero-order valence-corrected chi connectivity index (χ0v) is 12.3. The summed E-state index contributed by atoms with van der Waals surface area (Å²) >= 11 is 0. The summed E-state index contributed by atoms with van der Waals surface area (Å²) in [6, 6.07) is 5.78. The smallest absolute Gasteiger partial charge is 0.128 e. The highest BCUT2D eigenvalue weighted by atomic mass is 16.5. The van der Waals surface area contributed by atoms with Crippen LogP contribution in [0, 0.1) is 16.7 Å². The first-order valence-electron chi connectivity index (χ1n) is 7.60. The fourth-order valence-electron chi connectivity index (χ4n) is 3.61. The number of nitriles is 1. The van der Waals surface area contributed by atoms with Crippen molar-refractivity contribution in [3.05, 3.63) is 23.9 Å². The summed E-state index contributed by atoms with van der Waals surface area (Å²) in [7, 11) is 0. The Morgan fingerprint density at radius 2 is 2.24 bits per heavy atom. The van der Waals surface area contributed by atoms with Crippen molar-refractivity contribution in [2.75, 3.05) is 24.6 Å². The van der Waals surface area contributed by atoms with E-state index in [1.54, 1.807) is 12.3 Å². The van der Waals surface area contributed by atoms with Gasteiger partial charge in [-0.05, 0) is 31.9 Å². The van der Waals surface area contributed by atoms with Crippen molar-refractivity contribution in [2.45, 2.75) is 38.4 Å². The number of pyridine rings is 1. The van der Waals surface area contributed by atoms with Crippen LogP contribution in [0.15, 0.2) is 18.3 Å². The van der Waals surface area contributed by atoms with E-state index in [1.165, 1.54) is 0 Å². The fraction of sp³-hybridized carbons (Fsp3) is 0.625. The minimum Gasteiger partial charge on any atom is -0.392 e. The lowest BCUT2D eigenvalue weighted by Crippen LogP contribution is -2.62. The predicted octanol–water partition coefficient (Wildman–Crippen LogP) is 1.71. The Bertz CT molecular complexity index is 527. The number of aliphatic hydroxyl groups excluding tert-OH is 1. The van der Waals surface area contributed by atoms with E-state index in [2.05, 4.69) is 16.0 Å². The molecule has 0 radical (unpaired) electrons. The molecule has 5 nitrogen and oxygen atoms in total. The van der Waals surface area contributed by atoms with Gasteiger partial charge in [0.2, 0.25) is 0 Å². The third kappa shape index (κ3) is 2.39. The van der Waals surface area contributed by atoms with Gasteiger partial charge in [0.25, 0.3) is 0 Å². The first-order valence-corrected chi connectivity index (χ1v) is 7.60. The monoisotopic (exact) mass is 287 g/mol. The van der Waals surface area contributed by atoms with Gasteiger partial charge in [-0.2, -0.15) is 5.26 Å². The number of ether oxygens (including phenoxy) is 1. The van der Waals surface area contributed by atoms with Crippen LogP contribution < -0.4 is 4.90 Å². The van der Waals surface area contributed by atoms with E-state index in [1.807, 2.05) is 13.0 Å². The van der Waals surface area contributed by atoms with Gasteiger partial charge in [0.05, 0.1) is 17.8 Å². The van der Waals surface area contributed by atoms with E-state index in [4.69, 9.17) is 10.00 Å². The molecule has 1 N–H and O–H groups in total. The van der Waals surface area contributed by atoms with Gasteiger partial charge in [-0.3, -0.25) is 0 Å². The van der Waals surface area contributed by atoms with E-state index < -0.39 is 0 Å².